The Hall–Kier alpha value is -1.60. The van der Waals surface area contributed by atoms with Gasteiger partial charge in [0.25, 0.3) is 11.8 Å². The third kappa shape index (κ3) is 2.59. The minimum atomic E-state index is -2.92. The van der Waals surface area contributed by atoms with E-state index in [1.54, 1.807) is 0 Å². The topological polar surface area (TPSA) is 53.4 Å². The SMILES string of the molecule is Cc1ccc2snc(C(=O)N3CCC(F)(F)C(CO)C3)c2c1. The number of likely N-dealkylation sites (tertiary alicyclic amines) is 1. The van der Waals surface area contributed by atoms with Crippen LogP contribution >= 0.6 is 11.5 Å². The first-order valence-electron chi connectivity index (χ1n) is 7.06. The first-order valence-corrected chi connectivity index (χ1v) is 7.83. The van der Waals surface area contributed by atoms with Gasteiger partial charge >= 0.3 is 0 Å². The predicted octanol–water partition coefficient (Wildman–Crippen LogP) is 2.69. The molecule has 2 aromatic rings. The molecule has 1 aliphatic heterocycles. The van der Waals surface area contributed by atoms with Crippen molar-refractivity contribution < 1.29 is 18.7 Å². The molecule has 1 saturated heterocycles. The standard InChI is InChI=1S/C15H16F2N2O2S/c1-9-2-3-12-11(6-9)13(18-22-12)14(21)19-5-4-15(16,17)10(7-19)8-20/h2-3,6,10,20H,4-5,7-8H2,1H3. The highest BCUT2D eigenvalue weighted by atomic mass is 32.1. The molecule has 22 heavy (non-hydrogen) atoms. The maximum Gasteiger partial charge on any atom is 0.274 e. The lowest BCUT2D eigenvalue weighted by Gasteiger charge is -2.37. The second-order valence-corrected chi connectivity index (χ2v) is 6.48. The van der Waals surface area contributed by atoms with Gasteiger partial charge in [-0.3, -0.25) is 4.79 Å². The number of aromatic nitrogens is 1. The highest BCUT2D eigenvalue weighted by Crippen LogP contribution is 2.34. The Morgan fingerprint density at radius 2 is 2.32 bits per heavy atom. The number of benzene rings is 1. The van der Waals surface area contributed by atoms with Crippen molar-refractivity contribution in [3.05, 3.63) is 29.5 Å². The fraction of sp³-hybridized carbons (Fsp3) is 0.467. The molecule has 4 nitrogen and oxygen atoms in total. The van der Waals surface area contributed by atoms with Crippen LogP contribution in [0.15, 0.2) is 18.2 Å². The Morgan fingerprint density at radius 3 is 3.05 bits per heavy atom. The molecular weight excluding hydrogens is 310 g/mol. The third-order valence-corrected chi connectivity index (χ3v) is 4.92. The number of nitrogens with zero attached hydrogens (tertiary/aromatic N) is 2. The summed E-state index contributed by atoms with van der Waals surface area (Å²) in [4.78, 5) is 14.0. The third-order valence-electron chi connectivity index (χ3n) is 4.09. The Morgan fingerprint density at radius 1 is 1.55 bits per heavy atom. The van der Waals surface area contributed by atoms with E-state index >= 15 is 0 Å². The average Bonchev–Trinajstić information content (AvgIpc) is 2.89. The Balaban J connectivity index is 1.88. The molecule has 0 radical (unpaired) electrons. The molecule has 3 rings (SSSR count). The number of halogens is 2. The molecule has 0 bridgehead atoms. The Kier molecular flexibility index (Phi) is 3.86. The van der Waals surface area contributed by atoms with Crippen molar-refractivity contribution in [1.29, 1.82) is 0 Å². The van der Waals surface area contributed by atoms with E-state index in [1.165, 1.54) is 16.4 Å². The van der Waals surface area contributed by atoms with Gasteiger partial charge in [-0.05, 0) is 30.6 Å². The number of aliphatic hydroxyl groups is 1. The van der Waals surface area contributed by atoms with Gasteiger partial charge in [0.2, 0.25) is 0 Å². The van der Waals surface area contributed by atoms with Crippen LogP contribution < -0.4 is 0 Å². The average molecular weight is 326 g/mol. The number of alkyl halides is 2. The van der Waals surface area contributed by atoms with Crippen molar-refractivity contribution in [2.45, 2.75) is 19.3 Å². The molecule has 1 unspecified atom stereocenters. The number of hydrogen-bond donors (Lipinski definition) is 1. The molecule has 1 N–H and O–H groups in total. The van der Waals surface area contributed by atoms with E-state index in [0.717, 1.165) is 15.6 Å². The van der Waals surface area contributed by atoms with E-state index in [1.807, 2.05) is 25.1 Å². The van der Waals surface area contributed by atoms with Gasteiger partial charge in [0.1, 0.15) is 5.69 Å². The zero-order chi connectivity index (χ0) is 15.9. The number of aryl methyl sites for hydroxylation is 1. The molecule has 0 aliphatic carbocycles. The molecule has 0 spiro atoms. The lowest BCUT2D eigenvalue weighted by molar-refractivity contribution is -0.113. The highest BCUT2D eigenvalue weighted by Gasteiger charge is 2.45. The van der Waals surface area contributed by atoms with Gasteiger partial charge < -0.3 is 10.0 Å². The number of hydrogen-bond acceptors (Lipinski definition) is 4. The largest absolute Gasteiger partial charge is 0.396 e. The first kappa shape index (κ1) is 15.3. The van der Waals surface area contributed by atoms with Gasteiger partial charge in [0.15, 0.2) is 0 Å². The summed E-state index contributed by atoms with van der Waals surface area (Å²) in [7, 11) is 0. The quantitative estimate of drug-likeness (QED) is 0.923. The maximum absolute atomic E-state index is 13.6. The summed E-state index contributed by atoms with van der Waals surface area (Å²) >= 11 is 1.23. The van der Waals surface area contributed by atoms with Crippen LogP contribution in [0.4, 0.5) is 8.78 Å². The van der Waals surface area contributed by atoms with Crippen molar-refractivity contribution >= 4 is 27.5 Å². The summed E-state index contributed by atoms with van der Waals surface area (Å²) in [6.45, 7) is 1.13. The summed E-state index contributed by atoms with van der Waals surface area (Å²) in [5, 5.41) is 9.89. The van der Waals surface area contributed by atoms with E-state index in [4.69, 9.17) is 5.11 Å². The molecular formula is C15H16F2N2O2S. The van der Waals surface area contributed by atoms with Crippen LogP contribution in [0, 0.1) is 12.8 Å². The van der Waals surface area contributed by atoms with Crippen molar-refractivity contribution in [3.63, 3.8) is 0 Å². The monoisotopic (exact) mass is 326 g/mol. The second kappa shape index (κ2) is 5.55. The minimum absolute atomic E-state index is 0.0207. The molecule has 2 heterocycles. The van der Waals surface area contributed by atoms with Crippen LogP contribution in [-0.2, 0) is 0 Å². The van der Waals surface area contributed by atoms with Crippen molar-refractivity contribution in [2.75, 3.05) is 19.7 Å². The summed E-state index contributed by atoms with van der Waals surface area (Å²) in [5.74, 6) is -4.48. The zero-order valence-electron chi connectivity index (χ0n) is 12.1. The van der Waals surface area contributed by atoms with Gasteiger partial charge in [0.05, 0.1) is 17.2 Å². The van der Waals surface area contributed by atoms with Crippen LogP contribution in [0.25, 0.3) is 10.1 Å². The zero-order valence-corrected chi connectivity index (χ0v) is 12.9. The normalized spacial score (nSPS) is 21.3. The summed E-state index contributed by atoms with van der Waals surface area (Å²) in [6, 6.07) is 5.73. The first-order chi connectivity index (χ1) is 10.4. The number of piperidine rings is 1. The lowest BCUT2D eigenvalue weighted by Crippen LogP contribution is -2.50. The maximum atomic E-state index is 13.6. The van der Waals surface area contributed by atoms with Gasteiger partial charge in [-0.25, -0.2) is 8.78 Å². The molecule has 1 fully saturated rings. The molecule has 1 aromatic heterocycles. The molecule has 1 aromatic carbocycles. The van der Waals surface area contributed by atoms with E-state index in [9.17, 15) is 13.6 Å². The number of carbonyl (C=O) groups is 1. The molecule has 118 valence electrons. The highest BCUT2D eigenvalue weighted by molar-refractivity contribution is 7.13. The van der Waals surface area contributed by atoms with Gasteiger partial charge in [0, 0.05) is 24.9 Å². The number of amides is 1. The van der Waals surface area contributed by atoms with E-state index < -0.39 is 24.9 Å². The second-order valence-electron chi connectivity index (χ2n) is 5.67. The number of carbonyl (C=O) groups excluding carboxylic acids is 1. The molecule has 0 saturated carbocycles. The van der Waals surface area contributed by atoms with E-state index in [0.29, 0.717) is 5.69 Å². The fourth-order valence-electron chi connectivity index (χ4n) is 2.71. The van der Waals surface area contributed by atoms with E-state index in [2.05, 4.69) is 4.37 Å². The number of rotatable bonds is 2. The van der Waals surface area contributed by atoms with Crippen LogP contribution in [-0.4, -0.2) is 45.9 Å². The Labute approximate surface area is 130 Å². The fourth-order valence-corrected chi connectivity index (χ4v) is 3.46. The van der Waals surface area contributed by atoms with E-state index in [-0.39, 0.29) is 19.0 Å². The Bertz CT molecular complexity index is 717. The number of aliphatic hydroxyl groups excluding tert-OH is 1. The van der Waals surface area contributed by atoms with Crippen LogP contribution in [0.2, 0.25) is 0 Å². The van der Waals surface area contributed by atoms with Gasteiger partial charge in [-0.2, -0.15) is 4.37 Å². The van der Waals surface area contributed by atoms with Crippen LogP contribution in [0.1, 0.15) is 22.5 Å². The lowest BCUT2D eigenvalue weighted by atomic mass is 9.94. The summed E-state index contributed by atoms with van der Waals surface area (Å²) < 4.78 is 32.4. The van der Waals surface area contributed by atoms with Crippen molar-refractivity contribution in [1.82, 2.24) is 9.27 Å². The van der Waals surface area contributed by atoms with Crippen molar-refractivity contribution in [2.24, 2.45) is 5.92 Å². The van der Waals surface area contributed by atoms with Crippen LogP contribution in [0.5, 0.6) is 0 Å². The minimum Gasteiger partial charge on any atom is -0.396 e. The summed E-state index contributed by atoms with van der Waals surface area (Å²) in [5.41, 5.74) is 1.32. The summed E-state index contributed by atoms with van der Waals surface area (Å²) in [6.07, 6.45) is -0.426. The van der Waals surface area contributed by atoms with Gasteiger partial charge in [-0.15, -0.1) is 0 Å². The molecule has 7 heteroatoms. The smallest absolute Gasteiger partial charge is 0.274 e. The predicted molar refractivity (Wildman–Crippen MR) is 80.4 cm³/mol. The molecule has 1 atom stereocenters. The van der Waals surface area contributed by atoms with Crippen molar-refractivity contribution in [3.8, 4) is 0 Å². The number of fused-ring (bicyclic) bond motifs is 1. The molecule has 1 aliphatic rings. The van der Waals surface area contributed by atoms with Gasteiger partial charge in [-0.1, -0.05) is 11.6 Å². The molecule has 1 amide bonds. The van der Waals surface area contributed by atoms with Crippen LogP contribution in [0.3, 0.4) is 0 Å².